The first-order chi connectivity index (χ1) is 17.1. The Morgan fingerprint density at radius 3 is 2.54 bits per heavy atom. The Morgan fingerprint density at radius 2 is 1.83 bits per heavy atom. The van der Waals surface area contributed by atoms with Gasteiger partial charge in [0.25, 0.3) is 5.56 Å². The van der Waals surface area contributed by atoms with Crippen molar-refractivity contribution in [1.82, 2.24) is 35.0 Å². The highest BCUT2D eigenvalue weighted by atomic mass is 16.5. The molecule has 5 rings (SSSR count). The Labute approximate surface area is 204 Å². The van der Waals surface area contributed by atoms with Crippen molar-refractivity contribution in [1.29, 1.82) is 0 Å². The van der Waals surface area contributed by atoms with E-state index in [0.717, 1.165) is 60.5 Å². The number of piperazine rings is 1. The second kappa shape index (κ2) is 9.97. The maximum atomic E-state index is 13.4. The molecule has 9 nitrogen and oxygen atoms in total. The van der Waals surface area contributed by atoms with Crippen LogP contribution in [0.15, 0.2) is 53.3 Å². The standard InChI is InChI=1S/C26H31N7O2/c1-4-31-11-13-32(14-12-31)24(22-16-20-8-5-18(2)15-23(20)27-26(22)34)25-28-29-30-33(25)17-19-6-9-21(35-3)10-7-19/h5-10,15-16,24H,4,11-14,17H2,1-3H3,(H,27,34)/t24-/m1/s1. The first-order valence-corrected chi connectivity index (χ1v) is 12.0. The van der Waals surface area contributed by atoms with Crippen molar-refractivity contribution in [3.05, 3.63) is 81.4 Å². The average molecular weight is 474 g/mol. The molecule has 2 aromatic carbocycles. The number of H-pyrrole nitrogens is 1. The molecule has 1 atom stereocenters. The van der Waals surface area contributed by atoms with Crippen LogP contribution in [0.4, 0.5) is 0 Å². The zero-order chi connectivity index (χ0) is 24.4. The van der Waals surface area contributed by atoms with E-state index in [1.54, 1.807) is 11.8 Å². The number of nitrogens with one attached hydrogen (secondary N) is 1. The molecular weight excluding hydrogens is 442 g/mol. The molecule has 1 N–H and O–H groups in total. The summed E-state index contributed by atoms with van der Waals surface area (Å²) in [6, 6.07) is 15.6. The Hall–Kier alpha value is -3.56. The highest BCUT2D eigenvalue weighted by Gasteiger charge is 2.32. The molecule has 0 spiro atoms. The molecule has 0 radical (unpaired) electrons. The molecule has 1 fully saturated rings. The third kappa shape index (κ3) is 4.82. The van der Waals surface area contributed by atoms with Gasteiger partial charge in [0.1, 0.15) is 11.8 Å². The predicted molar refractivity (Wildman–Crippen MR) is 135 cm³/mol. The van der Waals surface area contributed by atoms with Crippen LogP contribution in [0.2, 0.25) is 0 Å². The second-order valence-corrected chi connectivity index (χ2v) is 9.06. The van der Waals surface area contributed by atoms with Crippen molar-refractivity contribution >= 4 is 10.9 Å². The molecule has 3 heterocycles. The number of fused-ring (bicyclic) bond motifs is 1. The summed E-state index contributed by atoms with van der Waals surface area (Å²) in [5, 5.41) is 13.8. The van der Waals surface area contributed by atoms with Crippen LogP contribution in [0.5, 0.6) is 5.75 Å². The molecular formula is C26H31N7O2. The van der Waals surface area contributed by atoms with E-state index in [-0.39, 0.29) is 11.6 Å². The SMILES string of the molecule is CCN1CCN([C@H](c2cc3ccc(C)cc3[nH]c2=O)c2nnnn2Cc2ccc(OC)cc2)CC1. The Morgan fingerprint density at radius 1 is 1.06 bits per heavy atom. The monoisotopic (exact) mass is 473 g/mol. The third-order valence-corrected chi connectivity index (χ3v) is 6.84. The van der Waals surface area contributed by atoms with Crippen molar-refractivity contribution < 1.29 is 4.74 Å². The van der Waals surface area contributed by atoms with Gasteiger partial charge in [-0.1, -0.05) is 31.2 Å². The summed E-state index contributed by atoms with van der Waals surface area (Å²) in [7, 11) is 1.65. The number of methoxy groups -OCH3 is 1. The van der Waals surface area contributed by atoms with Gasteiger partial charge in [0.15, 0.2) is 5.82 Å². The number of hydrogen-bond donors (Lipinski definition) is 1. The Balaban J connectivity index is 1.56. The van der Waals surface area contributed by atoms with Crippen LogP contribution in [0.1, 0.15) is 35.5 Å². The van der Waals surface area contributed by atoms with E-state index in [9.17, 15) is 4.79 Å². The molecule has 1 aliphatic heterocycles. The summed E-state index contributed by atoms with van der Waals surface area (Å²) in [4.78, 5) is 21.2. The van der Waals surface area contributed by atoms with Gasteiger partial charge in [0.05, 0.1) is 13.7 Å². The number of ether oxygens (including phenoxy) is 1. The van der Waals surface area contributed by atoms with E-state index in [4.69, 9.17) is 4.74 Å². The summed E-state index contributed by atoms with van der Waals surface area (Å²) in [5.74, 6) is 1.47. The van der Waals surface area contributed by atoms with E-state index in [1.165, 1.54) is 0 Å². The van der Waals surface area contributed by atoms with Crippen LogP contribution in [0.25, 0.3) is 10.9 Å². The fraction of sp³-hybridized carbons (Fsp3) is 0.385. The van der Waals surface area contributed by atoms with Gasteiger partial charge in [-0.25, -0.2) is 4.68 Å². The quantitative estimate of drug-likeness (QED) is 0.441. The molecule has 0 saturated carbocycles. The highest BCUT2D eigenvalue weighted by molar-refractivity contribution is 5.79. The lowest BCUT2D eigenvalue weighted by molar-refractivity contribution is 0.108. The van der Waals surface area contributed by atoms with Crippen LogP contribution < -0.4 is 10.3 Å². The number of rotatable bonds is 7. The first kappa shape index (κ1) is 23.2. The van der Waals surface area contributed by atoms with Crippen LogP contribution in [-0.2, 0) is 6.54 Å². The van der Waals surface area contributed by atoms with Gasteiger partial charge in [-0.05, 0) is 64.7 Å². The lowest BCUT2D eigenvalue weighted by Gasteiger charge is -2.38. The topological polar surface area (TPSA) is 92.2 Å². The smallest absolute Gasteiger partial charge is 0.253 e. The Kier molecular flexibility index (Phi) is 6.61. The number of tetrazole rings is 1. The van der Waals surface area contributed by atoms with Crippen molar-refractivity contribution in [2.45, 2.75) is 26.4 Å². The van der Waals surface area contributed by atoms with Crippen LogP contribution in [0, 0.1) is 6.92 Å². The highest BCUT2D eigenvalue weighted by Crippen LogP contribution is 2.28. The van der Waals surface area contributed by atoms with Gasteiger partial charge in [-0.2, -0.15) is 0 Å². The lowest BCUT2D eigenvalue weighted by atomic mass is 10.0. The zero-order valence-corrected chi connectivity index (χ0v) is 20.4. The van der Waals surface area contributed by atoms with E-state index in [1.807, 2.05) is 43.3 Å². The van der Waals surface area contributed by atoms with Gasteiger partial charge in [-0.3, -0.25) is 9.69 Å². The number of aryl methyl sites for hydroxylation is 1. The third-order valence-electron chi connectivity index (χ3n) is 6.84. The predicted octanol–water partition coefficient (Wildman–Crippen LogP) is 2.61. The molecule has 1 saturated heterocycles. The molecule has 0 bridgehead atoms. The minimum Gasteiger partial charge on any atom is -0.497 e. The number of likely N-dealkylation sites (N-methyl/N-ethyl adjacent to an activating group) is 1. The van der Waals surface area contributed by atoms with Gasteiger partial charge < -0.3 is 14.6 Å². The van der Waals surface area contributed by atoms with Crippen molar-refractivity contribution in [2.75, 3.05) is 39.8 Å². The summed E-state index contributed by atoms with van der Waals surface area (Å²) in [6.45, 7) is 9.27. The summed E-state index contributed by atoms with van der Waals surface area (Å²) >= 11 is 0. The van der Waals surface area contributed by atoms with E-state index in [2.05, 4.69) is 49.4 Å². The van der Waals surface area contributed by atoms with Crippen LogP contribution in [0.3, 0.4) is 0 Å². The fourth-order valence-corrected chi connectivity index (χ4v) is 4.80. The molecule has 9 heteroatoms. The number of hydrogen-bond acceptors (Lipinski definition) is 7. The molecule has 0 aliphatic carbocycles. The molecule has 35 heavy (non-hydrogen) atoms. The minimum absolute atomic E-state index is 0.106. The molecule has 4 aromatic rings. The van der Waals surface area contributed by atoms with E-state index < -0.39 is 0 Å². The van der Waals surface area contributed by atoms with Gasteiger partial charge >= 0.3 is 0 Å². The van der Waals surface area contributed by atoms with Crippen molar-refractivity contribution in [3.63, 3.8) is 0 Å². The van der Waals surface area contributed by atoms with Gasteiger partial charge in [0.2, 0.25) is 0 Å². The largest absolute Gasteiger partial charge is 0.497 e. The average Bonchev–Trinajstić information content (AvgIpc) is 3.33. The van der Waals surface area contributed by atoms with Crippen molar-refractivity contribution in [2.24, 2.45) is 0 Å². The Bertz CT molecular complexity index is 1350. The molecule has 0 unspecified atom stereocenters. The zero-order valence-electron chi connectivity index (χ0n) is 20.4. The maximum absolute atomic E-state index is 13.4. The maximum Gasteiger partial charge on any atom is 0.253 e. The normalized spacial score (nSPS) is 16.0. The number of aromatic nitrogens is 5. The summed E-state index contributed by atoms with van der Waals surface area (Å²) in [6.07, 6.45) is 0. The molecule has 0 amide bonds. The minimum atomic E-state index is -0.350. The summed E-state index contributed by atoms with van der Waals surface area (Å²) in [5.41, 5.74) is 3.56. The van der Waals surface area contributed by atoms with E-state index >= 15 is 0 Å². The molecule has 2 aromatic heterocycles. The molecule has 182 valence electrons. The second-order valence-electron chi connectivity index (χ2n) is 9.06. The number of pyridine rings is 1. The van der Waals surface area contributed by atoms with Crippen molar-refractivity contribution in [3.8, 4) is 5.75 Å². The number of nitrogens with zero attached hydrogens (tertiary/aromatic N) is 6. The van der Waals surface area contributed by atoms with Crippen LogP contribution >= 0.6 is 0 Å². The lowest BCUT2D eigenvalue weighted by Crippen LogP contribution is -2.49. The van der Waals surface area contributed by atoms with Gasteiger partial charge in [-0.15, -0.1) is 5.10 Å². The van der Waals surface area contributed by atoms with Crippen LogP contribution in [-0.4, -0.2) is 74.8 Å². The number of benzene rings is 2. The fourth-order valence-electron chi connectivity index (χ4n) is 4.80. The van der Waals surface area contributed by atoms with E-state index in [0.29, 0.717) is 17.9 Å². The molecule has 1 aliphatic rings. The summed E-state index contributed by atoms with van der Waals surface area (Å²) < 4.78 is 7.08. The number of aromatic amines is 1. The first-order valence-electron chi connectivity index (χ1n) is 12.0. The van der Waals surface area contributed by atoms with Gasteiger partial charge in [0, 0.05) is 37.3 Å².